The molecule has 1 aliphatic heterocycles. The SMILES string of the molecule is c1ccc([C@]2(CCNCc3cc4ccccc4s3)CCOC3(CCCC3)C2)nc1. The van der Waals surface area contributed by atoms with Crippen molar-refractivity contribution in [1.82, 2.24) is 10.3 Å². The fraction of sp³-hybridized carbons (Fsp3) is 0.480. The molecule has 0 radical (unpaired) electrons. The minimum atomic E-state index is 0.0985. The Morgan fingerprint density at radius 1 is 1.03 bits per heavy atom. The summed E-state index contributed by atoms with van der Waals surface area (Å²) < 4.78 is 7.74. The van der Waals surface area contributed by atoms with Crippen LogP contribution in [0.1, 0.15) is 55.5 Å². The summed E-state index contributed by atoms with van der Waals surface area (Å²) in [5.74, 6) is 0. The number of fused-ring (bicyclic) bond motifs is 1. The summed E-state index contributed by atoms with van der Waals surface area (Å²) in [6, 6.07) is 17.4. The Morgan fingerprint density at radius 2 is 1.90 bits per heavy atom. The molecule has 0 amide bonds. The second kappa shape index (κ2) is 8.17. The van der Waals surface area contributed by atoms with Crippen LogP contribution in [0, 0.1) is 0 Å². The zero-order valence-corrected chi connectivity index (χ0v) is 17.8. The summed E-state index contributed by atoms with van der Waals surface area (Å²) in [5, 5.41) is 5.08. The van der Waals surface area contributed by atoms with Crippen LogP contribution in [-0.4, -0.2) is 23.7 Å². The topological polar surface area (TPSA) is 34.1 Å². The van der Waals surface area contributed by atoms with Gasteiger partial charge in [-0.3, -0.25) is 4.98 Å². The lowest BCUT2D eigenvalue weighted by atomic mass is 9.68. The molecule has 1 spiro atoms. The van der Waals surface area contributed by atoms with Gasteiger partial charge < -0.3 is 10.1 Å². The van der Waals surface area contributed by atoms with E-state index in [2.05, 4.69) is 47.8 Å². The third kappa shape index (κ3) is 3.98. The summed E-state index contributed by atoms with van der Waals surface area (Å²) in [5.41, 5.74) is 1.50. The van der Waals surface area contributed by atoms with Gasteiger partial charge in [-0.2, -0.15) is 0 Å². The van der Waals surface area contributed by atoms with E-state index in [4.69, 9.17) is 9.72 Å². The van der Waals surface area contributed by atoms with Crippen LogP contribution in [0.25, 0.3) is 10.1 Å². The molecule has 1 aliphatic carbocycles. The Morgan fingerprint density at radius 3 is 2.72 bits per heavy atom. The van der Waals surface area contributed by atoms with Gasteiger partial charge in [0.2, 0.25) is 0 Å². The standard InChI is InChI=1S/C25H30N2OS/c1-2-8-22-20(7-1)17-21(29-22)18-26-15-12-24(23-9-3-6-14-27-23)13-16-28-25(19-24)10-4-5-11-25/h1-3,6-9,14,17,26H,4-5,10-13,15-16,18-19H2/t24-/m1/s1. The Kier molecular flexibility index (Phi) is 5.42. The number of ether oxygens (including phenoxy) is 1. The average molecular weight is 407 g/mol. The Labute approximate surface area is 177 Å². The van der Waals surface area contributed by atoms with Crippen molar-refractivity contribution in [2.75, 3.05) is 13.2 Å². The van der Waals surface area contributed by atoms with Gasteiger partial charge in [0.1, 0.15) is 0 Å². The highest BCUT2D eigenvalue weighted by Gasteiger charge is 2.48. The molecule has 4 heteroatoms. The molecule has 0 bridgehead atoms. The first-order valence-corrected chi connectivity index (χ1v) is 11.8. The van der Waals surface area contributed by atoms with E-state index in [1.165, 1.54) is 46.3 Å². The number of hydrogen-bond donors (Lipinski definition) is 1. The van der Waals surface area contributed by atoms with E-state index >= 15 is 0 Å². The van der Waals surface area contributed by atoms with Crippen LogP contribution >= 0.6 is 11.3 Å². The number of rotatable bonds is 6. The van der Waals surface area contributed by atoms with Crippen molar-refractivity contribution in [3.8, 4) is 0 Å². The van der Waals surface area contributed by atoms with Crippen molar-refractivity contribution in [1.29, 1.82) is 0 Å². The van der Waals surface area contributed by atoms with E-state index in [9.17, 15) is 0 Å². The Hall–Kier alpha value is -1.75. The van der Waals surface area contributed by atoms with Crippen molar-refractivity contribution in [2.24, 2.45) is 0 Å². The summed E-state index contributed by atoms with van der Waals surface area (Å²) in [6.45, 7) is 2.83. The number of thiophene rings is 1. The number of hydrogen-bond acceptors (Lipinski definition) is 4. The van der Waals surface area contributed by atoms with Crippen LogP contribution in [0.3, 0.4) is 0 Å². The number of aromatic nitrogens is 1. The zero-order chi connectivity index (χ0) is 19.6. The maximum Gasteiger partial charge on any atom is 0.0691 e. The van der Waals surface area contributed by atoms with Crippen LogP contribution in [0.5, 0.6) is 0 Å². The fourth-order valence-electron chi connectivity index (χ4n) is 5.46. The first-order chi connectivity index (χ1) is 14.3. The molecule has 2 aliphatic rings. The molecule has 3 heterocycles. The predicted octanol–water partition coefficient (Wildman–Crippen LogP) is 5.84. The normalized spacial score (nSPS) is 23.7. The van der Waals surface area contributed by atoms with Crippen LogP contribution < -0.4 is 5.32 Å². The van der Waals surface area contributed by atoms with Gasteiger partial charge in [-0.15, -0.1) is 11.3 Å². The largest absolute Gasteiger partial charge is 0.375 e. The van der Waals surface area contributed by atoms with Gasteiger partial charge in [-0.05, 0) is 68.3 Å². The van der Waals surface area contributed by atoms with Crippen LogP contribution in [0.4, 0.5) is 0 Å². The van der Waals surface area contributed by atoms with Crippen molar-refractivity contribution < 1.29 is 4.74 Å². The van der Waals surface area contributed by atoms with Crippen LogP contribution in [-0.2, 0) is 16.7 Å². The third-order valence-electron chi connectivity index (χ3n) is 6.93. The van der Waals surface area contributed by atoms with E-state index < -0.39 is 0 Å². The maximum atomic E-state index is 6.37. The molecule has 152 valence electrons. The summed E-state index contributed by atoms with van der Waals surface area (Å²) in [4.78, 5) is 6.23. The molecule has 1 saturated carbocycles. The highest BCUT2D eigenvalue weighted by atomic mass is 32.1. The molecule has 0 unspecified atom stereocenters. The molecule has 2 fully saturated rings. The predicted molar refractivity (Wildman–Crippen MR) is 120 cm³/mol. The van der Waals surface area contributed by atoms with E-state index in [0.29, 0.717) is 0 Å². The summed E-state index contributed by atoms with van der Waals surface area (Å²) in [6.07, 6.45) is 10.3. The lowest BCUT2D eigenvalue weighted by Crippen LogP contribution is -2.47. The Balaban J connectivity index is 1.28. The van der Waals surface area contributed by atoms with Gasteiger partial charge in [0.15, 0.2) is 0 Å². The number of nitrogens with zero attached hydrogens (tertiary/aromatic N) is 1. The summed E-state index contributed by atoms with van der Waals surface area (Å²) in [7, 11) is 0. The minimum absolute atomic E-state index is 0.0985. The Bertz CT molecular complexity index is 915. The smallest absolute Gasteiger partial charge is 0.0691 e. The van der Waals surface area contributed by atoms with Gasteiger partial charge in [0.25, 0.3) is 0 Å². The summed E-state index contributed by atoms with van der Waals surface area (Å²) >= 11 is 1.90. The van der Waals surface area contributed by atoms with Crippen LogP contribution in [0.15, 0.2) is 54.7 Å². The quantitative estimate of drug-likeness (QED) is 0.522. The van der Waals surface area contributed by atoms with Gasteiger partial charge in [-0.1, -0.05) is 37.1 Å². The first-order valence-electron chi connectivity index (χ1n) is 11.0. The molecule has 29 heavy (non-hydrogen) atoms. The van der Waals surface area contributed by atoms with E-state index in [1.54, 1.807) is 0 Å². The average Bonchev–Trinajstić information content (AvgIpc) is 3.38. The molecule has 3 nitrogen and oxygen atoms in total. The number of benzene rings is 1. The van der Waals surface area contributed by atoms with E-state index in [-0.39, 0.29) is 11.0 Å². The van der Waals surface area contributed by atoms with Gasteiger partial charge in [-0.25, -0.2) is 0 Å². The van der Waals surface area contributed by atoms with Crippen molar-refractivity contribution in [3.05, 3.63) is 65.3 Å². The first kappa shape index (κ1) is 19.2. The van der Waals surface area contributed by atoms with Crippen molar-refractivity contribution >= 4 is 21.4 Å². The zero-order valence-electron chi connectivity index (χ0n) is 17.0. The molecule has 2 aromatic heterocycles. The van der Waals surface area contributed by atoms with Crippen molar-refractivity contribution in [2.45, 2.75) is 62.5 Å². The van der Waals surface area contributed by atoms with Gasteiger partial charge in [0.05, 0.1) is 5.60 Å². The van der Waals surface area contributed by atoms with Gasteiger partial charge >= 0.3 is 0 Å². The number of pyridine rings is 1. The lowest BCUT2D eigenvalue weighted by Gasteiger charge is -2.46. The molecule has 1 atom stereocenters. The second-order valence-electron chi connectivity index (χ2n) is 8.84. The minimum Gasteiger partial charge on any atom is -0.375 e. The molecule has 3 aromatic rings. The highest BCUT2D eigenvalue weighted by molar-refractivity contribution is 7.19. The molecular weight excluding hydrogens is 376 g/mol. The molecule has 1 N–H and O–H groups in total. The highest BCUT2D eigenvalue weighted by Crippen LogP contribution is 2.49. The lowest BCUT2D eigenvalue weighted by molar-refractivity contribution is -0.104. The van der Waals surface area contributed by atoms with Gasteiger partial charge in [0, 0.05) is 40.0 Å². The maximum absolute atomic E-state index is 6.37. The number of nitrogens with one attached hydrogen (secondary N) is 1. The molecule has 1 aromatic carbocycles. The fourth-order valence-corrected chi connectivity index (χ4v) is 6.49. The molecule has 1 saturated heterocycles. The monoisotopic (exact) mass is 406 g/mol. The van der Waals surface area contributed by atoms with Crippen molar-refractivity contribution in [3.63, 3.8) is 0 Å². The van der Waals surface area contributed by atoms with E-state index in [0.717, 1.165) is 39.0 Å². The molecular formula is C25H30N2OS. The molecule has 5 rings (SSSR count). The second-order valence-corrected chi connectivity index (χ2v) is 10.0. The van der Waals surface area contributed by atoms with E-state index in [1.807, 2.05) is 23.6 Å². The van der Waals surface area contributed by atoms with Crippen LogP contribution in [0.2, 0.25) is 0 Å². The third-order valence-corrected chi connectivity index (χ3v) is 8.04.